The molecule has 0 atom stereocenters. The monoisotopic (exact) mass is 446 g/mol. The van der Waals surface area contributed by atoms with Crippen LogP contribution in [0.25, 0.3) is 0 Å². The molecular formula is C18H17ClF2N2O5S. The van der Waals surface area contributed by atoms with Crippen molar-refractivity contribution in [1.82, 2.24) is 4.31 Å². The van der Waals surface area contributed by atoms with Crippen LogP contribution in [0.1, 0.15) is 0 Å². The van der Waals surface area contributed by atoms with Crippen molar-refractivity contribution in [3.05, 3.63) is 53.1 Å². The van der Waals surface area contributed by atoms with Gasteiger partial charge in [-0.05, 0) is 30.3 Å². The fourth-order valence-corrected chi connectivity index (χ4v) is 4.37. The molecule has 0 radical (unpaired) electrons. The Balaban J connectivity index is 1.65. The van der Waals surface area contributed by atoms with Crippen LogP contribution in [0.15, 0.2) is 41.3 Å². The first-order valence-electron chi connectivity index (χ1n) is 8.53. The lowest BCUT2D eigenvalue weighted by Gasteiger charge is -2.26. The Morgan fingerprint density at radius 3 is 2.45 bits per heavy atom. The lowest BCUT2D eigenvalue weighted by Crippen LogP contribution is -2.40. The topological polar surface area (TPSA) is 84.9 Å². The molecule has 1 heterocycles. The highest BCUT2D eigenvalue weighted by Crippen LogP contribution is 2.29. The van der Waals surface area contributed by atoms with Gasteiger partial charge in [0.1, 0.15) is 23.1 Å². The van der Waals surface area contributed by atoms with E-state index >= 15 is 0 Å². The van der Waals surface area contributed by atoms with Crippen molar-refractivity contribution in [2.45, 2.75) is 4.90 Å². The van der Waals surface area contributed by atoms with Crippen LogP contribution in [-0.2, 0) is 19.6 Å². The Labute approximate surface area is 171 Å². The van der Waals surface area contributed by atoms with E-state index in [1.54, 1.807) is 0 Å². The van der Waals surface area contributed by atoms with Gasteiger partial charge in [-0.1, -0.05) is 17.7 Å². The molecule has 11 heteroatoms. The van der Waals surface area contributed by atoms with E-state index in [4.69, 9.17) is 21.1 Å². The van der Waals surface area contributed by atoms with Gasteiger partial charge < -0.3 is 14.8 Å². The van der Waals surface area contributed by atoms with Gasteiger partial charge in [0.25, 0.3) is 5.91 Å². The zero-order valence-electron chi connectivity index (χ0n) is 15.0. The number of nitrogens with zero attached hydrogens (tertiary/aromatic N) is 1. The van der Waals surface area contributed by atoms with Gasteiger partial charge in [0.15, 0.2) is 6.61 Å². The summed E-state index contributed by atoms with van der Waals surface area (Å²) < 4.78 is 64.0. The zero-order chi connectivity index (χ0) is 21.0. The number of hydrogen-bond donors (Lipinski definition) is 1. The zero-order valence-corrected chi connectivity index (χ0v) is 16.6. The Bertz CT molecular complexity index is 993. The predicted octanol–water partition coefficient (Wildman–Crippen LogP) is 2.66. The highest BCUT2D eigenvalue weighted by Gasteiger charge is 2.27. The molecule has 156 valence electrons. The van der Waals surface area contributed by atoms with Gasteiger partial charge in [0.05, 0.1) is 23.1 Å². The minimum absolute atomic E-state index is 0.0189. The number of nitrogens with one attached hydrogen (secondary N) is 1. The van der Waals surface area contributed by atoms with Gasteiger partial charge in [-0.3, -0.25) is 4.79 Å². The number of benzene rings is 2. The summed E-state index contributed by atoms with van der Waals surface area (Å²) in [4.78, 5) is 11.9. The summed E-state index contributed by atoms with van der Waals surface area (Å²) in [5.41, 5.74) is -0.584. The lowest BCUT2D eigenvalue weighted by atomic mass is 10.3. The second kappa shape index (κ2) is 9.04. The summed E-state index contributed by atoms with van der Waals surface area (Å²) in [6.45, 7) is 0.525. The van der Waals surface area contributed by atoms with Crippen molar-refractivity contribution >= 4 is 33.2 Å². The first-order valence-corrected chi connectivity index (χ1v) is 10.3. The Morgan fingerprint density at radius 1 is 1.17 bits per heavy atom. The molecule has 0 saturated carbocycles. The molecule has 0 bridgehead atoms. The number of rotatable bonds is 6. The van der Waals surface area contributed by atoms with E-state index in [1.807, 2.05) is 0 Å². The second-order valence-corrected chi connectivity index (χ2v) is 8.39. The van der Waals surface area contributed by atoms with Gasteiger partial charge in [0.2, 0.25) is 10.0 Å². The van der Waals surface area contributed by atoms with Gasteiger partial charge in [-0.15, -0.1) is 0 Å². The van der Waals surface area contributed by atoms with E-state index in [2.05, 4.69) is 5.32 Å². The summed E-state index contributed by atoms with van der Waals surface area (Å²) in [5.74, 6) is -2.60. The third-order valence-electron chi connectivity index (χ3n) is 4.10. The molecule has 1 N–H and O–H groups in total. The minimum Gasteiger partial charge on any atom is -0.482 e. The molecule has 1 aliphatic heterocycles. The molecule has 1 amide bonds. The largest absolute Gasteiger partial charge is 0.482 e. The number of amides is 1. The average Bonchev–Trinajstić information content (AvgIpc) is 2.70. The quantitative estimate of drug-likeness (QED) is 0.737. The Hall–Kier alpha value is -2.27. The number of hydrogen-bond acceptors (Lipinski definition) is 5. The summed E-state index contributed by atoms with van der Waals surface area (Å²) in [7, 11) is -3.73. The van der Waals surface area contributed by atoms with Gasteiger partial charge in [0, 0.05) is 13.1 Å². The molecule has 2 aromatic rings. The standard InChI is InChI=1S/C18H17ClF2N2O5S/c19-13-10-12(29(25,26)23-6-8-27-9-7-23)4-5-16(13)28-11-17(24)22-18-14(20)2-1-3-15(18)21/h1-5,10H,6-9,11H2,(H,22,24). The normalized spacial score (nSPS) is 15.1. The van der Waals surface area contributed by atoms with E-state index in [9.17, 15) is 22.0 Å². The van der Waals surface area contributed by atoms with Crippen LogP contribution in [-0.4, -0.2) is 51.5 Å². The van der Waals surface area contributed by atoms with Crippen molar-refractivity contribution in [2.24, 2.45) is 0 Å². The van der Waals surface area contributed by atoms with E-state index in [-0.39, 0.29) is 28.8 Å². The molecule has 0 aromatic heterocycles. The number of anilines is 1. The van der Waals surface area contributed by atoms with Crippen molar-refractivity contribution < 1.29 is 31.5 Å². The smallest absolute Gasteiger partial charge is 0.262 e. The first-order chi connectivity index (χ1) is 13.8. The van der Waals surface area contributed by atoms with E-state index < -0.39 is 39.9 Å². The highest BCUT2D eigenvalue weighted by molar-refractivity contribution is 7.89. The molecule has 0 spiro atoms. The van der Waals surface area contributed by atoms with Crippen LogP contribution in [0.4, 0.5) is 14.5 Å². The minimum atomic E-state index is -3.73. The summed E-state index contributed by atoms with van der Waals surface area (Å²) >= 11 is 6.08. The molecular weight excluding hydrogens is 430 g/mol. The van der Waals surface area contributed by atoms with E-state index in [1.165, 1.54) is 28.6 Å². The number of carbonyl (C=O) groups is 1. The Kier molecular flexibility index (Phi) is 6.68. The van der Waals surface area contributed by atoms with Crippen molar-refractivity contribution in [3.8, 4) is 5.75 Å². The predicted molar refractivity (Wildman–Crippen MR) is 102 cm³/mol. The van der Waals surface area contributed by atoms with Crippen LogP contribution >= 0.6 is 11.6 Å². The maximum absolute atomic E-state index is 13.6. The third-order valence-corrected chi connectivity index (χ3v) is 6.29. The molecule has 7 nitrogen and oxygen atoms in total. The van der Waals surface area contributed by atoms with Crippen LogP contribution in [0.3, 0.4) is 0 Å². The SMILES string of the molecule is O=C(COc1ccc(S(=O)(=O)N2CCOCC2)cc1Cl)Nc1c(F)cccc1F. The van der Waals surface area contributed by atoms with Gasteiger partial charge >= 0.3 is 0 Å². The van der Waals surface area contributed by atoms with Crippen molar-refractivity contribution in [3.63, 3.8) is 0 Å². The second-order valence-electron chi connectivity index (χ2n) is 6.04. The van der Waals surface area contributed by atoms with Gasteiger partial charge in [-0.25, -0.2) is 17.2 Å². The summed E-state index contributed by atoms with van der Waals surface area (Å²) in [6, 6.07) is 7.01. The van der Waals surface area contributed by atoms with E-state index in [0.29, 0.717) is 13.2 Å². The summed E-state index contributed by atoms with van der Waals surface area (Å²) in [5, 5.41) is 2.05. The first kappa shape index (κ1) is 21.4. The van der Waals surface area contributed by atoms with E-state index in [0.717, 1.165) is 12.1 Å². The molecule has 2 aromatic carbocycles. The average molecular weight is 447 g/mol. The number of morpholine rings is 1. The van der Waals surface area contributed by atoms with Gasteiger partial charge in [-0.2, -0.15) is 4.31 Å². The number of ether oxygens (including phenoxy) is 2. The number of sulfonamides is 1. The van der Waals surface area contributed by atoms with Crippen LogP contribution in [0.2, 0.25) is 5.02 Å². The molecule has 0 unspecified atom stereocenters. The number of carbonyl (C=O) groups excluding carboxylic acids is 1. The maximum atomic E-state index is 13.6. The fourth-order valence-electron chi connectivity index (χ4n) is 2.63. The molecule has 3 rings (SSSR count). The highest BCUT2D eigenvalue weighted by atomic mass is 35.5. The van der Waals surface area contributed by atoms with Crippen molar-refractivity contribution in [1.29, 1.82) is 0 Å². The van der Waals surface area contributed by atoms with Crippen LogP contribution in [0.5, 0.6) is 5.75 Å². The molecule has 0 aliphatic carbocycles. The van der Waals surface area contributed by atoms with Crippen LogP contribution in [0, 0.1) is 11.6 Å². The molecule has 1 saturated heterocycles. The molecule has 29 heavy (non-hydrogen) atoms. The molecule has 1 aliphatic rings. The fraction of sp³-hybridized carbons (Fsp3) is 0.278. The lowest BCUT2D eigenvalue weighted by molar-refractivity contribution is -0.118. The number of halogens is 3. The number of para-hydroxylation sites is 1. The Morgan fingerprint density at radius 2 is 1.83 bits per heavy atom. The summed E-state index contributed by atoms with van der Waals surface area (Å²) in [6.07, 6.45) is 0. The third kappa shape index (κ3) is 5.02. The van der Waals surface area contributed by atoms with Crippen LogP contribution < -0.4 is 10.1 Å². The van der Waals surface area contributed by atoms with Crippen molar-refractivity contribution in [2.75, 3.05) is 38.2 Å². The maximum Gasteiger partial charge on any atom is 0.262 e. The molecule has 1 fully saturated rings.